The summed E-state index contributed by atoms with van der Waals surface area (Å²) in [7, 11) is 0. The average Bonchev–Trinajstić information content (AvgIpc) is 2.60. The molecular weight excluding hydrogens is 300 g/mol. The quantitative estimate of drug-likeness (QED) is 0.434. The lowest BCUT2D eigenvalue weighted by molar-refractivity contribution is -0.128. The van der Waals surface area contributed by atoms with Crippen LogP contribution in [0.15, 0.2) is 49.6 Å². The molecule has 0 saturated heterocycles. The van der Waals surface area contributed by atoms with Gasteiger partial charge in [0.15, 0.2) is 0 Å². The Morgan fingerprint density at radius 2 is 1.79 bits per heavy atom. The van der Waals surface area contributed by atoms with Gasteiger partial charge in [-0.15, -0.1) is 13.2 Å². The first-order valence-corrected chi connectivity index (χ1v) is 8.67. The highest BCUT2D eigenvalue weighted by Crippen LogP contribution is 2.16. The third kappa shape index (κ3) is 7.86. The van der Waals surface area contributed by atoms with Crippen LogP contribution in [0.1, 0.15) is 32.6 Å². The maximum absolute atomic E-state index is 12.1. The van der Waals surface area contributed by atoms with Gasteiger partial charge in [0.25, 0.3) is 0 Å². The van der Waals surface area contributed by atoms with Gasteiger partial charge in [-0.3, -0.25) is 4.79 Å². The zero-order valence-electron chi connectivity index (χ0n) is 14.8. The first-order valence-electron chi connectivity index (χ1n) is 8.67. The van der Waals surface area contributed by atoms with Gasteiger partial charge in [0.05, 0.1) is 13.2 Å². The van der Waals surface area contributed by atoms with Crippen LogP contribution in [0.4, 0.5) is 5.69 Å². The molecule has 0 aliphatic rings. The second-order valence-electron chi connectivity index (χ2n) is 5.66. The lowest BCUT2D eigenvalue weighted by Gasteiger charge is -2.19. The maximum Gasteiger partial charge on any atom is 0.242 e. The van der Waals surface area contributed by atoms with Crippen LogP contribution in [0.3, 0.4) is 0 Å². The molecule has 0 heterocycles. The minimum atomic E-state index is 0.0195. The van der Waals surface area contributed by atoms with Crippen molar-refractivity contribution in [1.82, 2.24) is 4.90 Å². The number of hydrogen-bond acceptors (Lipinski definition) is 3. The van der Waals surface area contributed by atoms with Crippen molar-refractivity contribution in [3.05, 3.63) is 49.6 Å². The van der Waals surface area contributed by atoms with Gasteiger partial charge in [-0.25, -0.2) is 0 Å². The fraction of sp³-hybridized carbons (Fsp3) is 0.450. The Labute approximate surface area is 146 Å². The van der Waals surface area contributed by atoms with E-state index in [0.717, 1.165) is 24.5 Å². The normalized spacial score (nSPS) is 10.0. The van der Waals surface area contributed by atoms with Crippen LogP contribution >= 0.6 is 0 Å². The van der Waals surface area contributed by atoms with Crippen molar-refractivity contribution in [3.63, 3.8) is 0 Å². The molecule has 1 amide bonds. The molecule has 0 fully saturated rings. The maximum atomic E-state index is 12.1. The fourth-order valence-electron chi connectivity index (χ4n) is 2.27. The molecule has 0 spiro atoms. The summed E-state index contributed by atoms with van der Waals surface area (Å²) in [5.74, 6) is 0.884. The summed E-state index contributed by atoms with van der Waals surface area (Å²) in [6.07, 6.45) is 8.22. The second kappa shape index (κ2) is 12.2. The summed E-state index contributed by atoms with van der Waals surface area (Å²) in [5.41, 5.74) is 0.902. The first kappa shape index (κ1) is 19.8. The highest BCUT2D eigenvalue weighted by molar-refractivity contribution is 5.81. The van der Waals surface area contributed by atoms with Gasteiger partial charge >= 0.3 is 0 Å². The number of nitrogens with zero attached hydrogens (tertiary/aromatic N) is 1. The van der Waals surface area contributed by atoms with E-state index < -0.39 is 0 Å². The number of amides is 1. The molecule has 0 unspecified atom stereocenters. The van der Waals surface area contributed by atoms with Gasteiger partial charge in [-0.1, -0.05) is 38.3 Å². The number of benzene rings is 1. The van der Waals surface area contributed by atoms with Gasteiger partial charge < -0.3 is 15.0 Å². The van der Waals surface area contributed by atoms with Gasteiger partial charge in [-0.05, 0) is 30.7 Å². The first-order chi connectivity index (χ1) is 11.7. The minimum Gasteiger partial charge on any atom is -0.494 e. The van der Waals surface area contributed by atoms with E-state index in [-0.39, 0.29) is 12.5 Å². The van der Waals surface area contributed by atoms with E-state index in [0.29, 0.717) is 13.1 Å². The lowest BCUT2D eigenvalue weighted by Crippen LogP contribution is -2.35. The van der Waals surface area contributed by atoms with Crippen molar-refractivity contribution in [2.24, 2.45) is 0 Å². The lowest BCUT2D eigenvalue weighted by atomic mass is 10.2. The Kier molecular flexibility index (Phi) is 10.1. The Morgan fingerprint density at radius 1 is 1.12 bits per heavy atom. The Balaban J connectivity index is 2.36. The SMILES string of the molecule is C=CCN(CC=C)C(=O)CNc1ccc(OCCCCCC)cc1. The van der Waals surface area contributed by atoms with E-state index in [1.54, 1.807) is 17.1 Å². The molecule has 24 heavy (non-hydrogen) atoms. The third-order valence-corrected chi connectivity index (χ3v) is 3.62. The molecule has 0 aliphatic carbocycles. The molecule has 0 aromatic heterocycles. The zero-order chi connectivity index (χ0) is 17.6. The van der Waals surface area contributed by atoms with Gasteiger partial charge in [0, 0.05) is 18.8 Å². The smallest absolute Gasteiger partial charge is 0.242 e. The summed E-state index contributed by atoms with van der Waals surface area (Å²) in [6.45, 7) is 11.6. The van der Waals surface area contributed by atoms with Crippen molar-refractivity contribution in [2.75, 3.05) is 31.6 Å². The number of ether oxygens (including phenoxy) is 1. The highest BCUT2D eigenvalue weighted by Gasteiger charge is 2.09. The summed E-state index contributed by atoms with van der Waals surface area (Å²) in [4.78, 5) is 13.8. The van der Waals surface area contributed by atoms with E-state index in [9.17, 15) is 4.79 Å². The molecule has 132 valence electrons. The molecular formula is C20H30N2O2. The van der Waals surface area contributed by atoms with Gasteiger partial charge in [0.1, 0.15) is 5.75 Å². The largest absolute Gasteiger partial charge is 0.494 e. The number of carbonyl (C=O) groups excluding carboxylic acids is 1. The van der Waals surface area contributed by atoms with Crippen molar-refractivity contribution in [2.45, 2.75) is 32.6 Å². The monoisotopic (exact) mass is 330 g/mol. The molecule has 0 aliphatic heterocycles. The Bertz CT molecular complexity index is 487. The van der Waals surface area contributed by atoms with E-state index in [2.05, 4.69) is 25.4 Å². The molecule has 4 nitrogen and oxygen atoms in total. The number of anilines is 1. The van der Waals surface area contributed by atoms with Gasteiger partial charge in [0.2, 0.25) is 5.91 Å². The number of nitrogens with one attached hydrogen (secondary N) is 1. The number of hydrogen-bond donors (Lipinski definition) is 1. The van der Waals surface area contributed by atoms with Crippen LogP contribution in [0, 0.1) is 0 Å². The zero-order valence-corrected chi connectivity index (χ0v) is 14.8. The number of carbonyl (C=O) groups is 1. The third-order valence-electron chi connectivity index (χ3n) is 3.62. The summed E-state index contributed by atoms with van der Waals surface area (Å²) in [5, 5.41) is 3.14. The molecule has 0 radical (unpaired) electrons. The van der Waals surface area contributed by atoms with E-state index in [1.165, 1.54) is 19.3 Å². The molecule has 1 N–H and O–H groups in total. The van der Waals surface area contributed by atoms with E-state index >= 15 is 0 Å². The number of rotatable bonds is 13. The van der Waals surface area contributed by atoms with Crippen molar-refractivity contribution < 1.29 is 9.53 Å². The Hall–Kier alpha value is -2.23. The van der Waals surface area contributed by atoms with Crippen LogP contribution in [-0.2, 0) is 4.79 Å². The fourth-order valence-corrected chi connectivity index (χ4v) is 2.27. The summed E-state index contributed by atoms with van der Waals surface area (Å²) >= 11 is 0. The van der Waals surface area contributed by atoms with Crippen LogP contribution in [-0.4, -0.2) is 37.0 Å². The number of unbranched alkanes of at least 4 members (excludes halogenated alkanes) is 3. The predicted molar refractivity (Wildman–Crippen MR) is 102 cm³/mol. The summed E-state index contributed by atoms with van der Waals surface area (Å²) in [6, 6.07) is 7.72. The van der Waals surface area contributed by atoms with Crippen LogP contribution in [0.5, 0.6) is 5.75 Å². The molecule has 1 aromatic rings. The summed E-state index contributed by atoms with van der Waals surface area (Å²) < 4.78 is 5.71. The van der Waals surface area contributed by atoms with Gasteiger partial charge in [-0.2, -0.15) is 0 Å². The molecule has 0 atom stereocenters. The standard InChI is InChI=1S/C20H30N2O2/c1-4-7-8-9-16-24-19-12-10-18(11-13-19)21-17-20(23)22(14-5-2)15-6-3/h5-6,10-13,21H,2-4,7-9,14-17H2,1H3. The average molecular weight is 330 g/mol. The van der Waals surface area contributed by atoms with E-state index in [4.69, 9.17) is 4.74 Å². The highest BCUT2D eigenvalue weighted by atomic mass is 16.5. The van der Waals surface area contributed by atoms with Crippen LogP contribution in [0.2, 0.25) is 0 Å². The second-order valence-corrected chi connectivity index (χ2v) is 5.66. The molecule has 0 saturated carbocycles. The van der Waals surface area contributed by atoms with Crippen molar-refractivity contribution in [3.8, 4) is 5.75 Å². The molecule has 4 heteroatoms. The molecule has 0 bridgehead atoms. The predicted octanol–water partition coefficient (Wildman–Crippen LogP) is 4.26. The van der Waals surface area contributed by atoms with Crippen molar-refractivity contribution in [1.29, 1.82) is 0 Å². The Morgan fingerprint density at radius 3 is 2.38 bits per heavy atom. The van der Waals surface area contributed by atoms with Crippen molar-refractivity contribution >= 4 is 11.6 Å². The van der Waals surface area contributed by atoms with E-state index in [1.807, 2.05) is 24.3 Å². The molecule has 1 aromatic carbocycles. The topological polar surface area (TPSA) is 41.6 Å². The van der Waals surface area contributed by atoms with Crippen LogP contribution < -0.4 is 10.1 Å². The molecule has 1 rings (SSSR count). The minimum absolute atomic E-state index is 0.0195. The van der Waals surface area contributed by atoms with Crippen LogP contribution in [0.25, 0.3) is 0 Å².